The molecule has 0 aliphatic carbocycles. The van der Waals surface area contributed by atoms with Gasteiger partial charge in [0.2, 0.25) is 0 Å². The number of rotatable bonds is 3. The van der Waals surface area contributed by atoms with Crippen molar-refractivity contribution in [1.29, 1.82) is 0 Å². The van der Waals surface area contributed by atoms with E-state index < -0.39 is 18.1 Å². The molecule has 0 unspecified atom stereocenters. The van der Waals surface area contributed by atoms with Gasteiger partial charge in [-0.1, -0.05) is 42.5 Å². The lowest BCUT2D eigenvalue weighted by Gasteiger charge is -2.16. The average Bonchev–Trinajstić information content (AvgIpc) is 2.28. The number of allylic oxidation sites excluding steroid dienone is 1. The minimum absolute atomic E-state index is 0.600. The fourth-order valence-electron chi connectivity index (χ4n) is 1.32. The molecule has 1 atom stereocenters. The molecule has 0 bridgehead atoms. The molecule has 0 aliphatic rings. The Kier molecular flexibility index (Phi) is 4.31. The van der Waals surface area contributed by atoms with Crippen molar-refractivity contribution >= 4 is 5.91 Å². The highest BCUT2D eigenvalue weighted by molar-refractivity contribution is 5.82. The number of carbonyl (C=O) groups is 1. The second kappa shape index (κ2) is 5.52. The Bertz CT molecular complexity index is 398. The molecular formula is C12H12F3NO. The fourth-order valence-corrected chi connectivity index (χ4v) is 1.32. The van der Waals surface area contributed by atoms with E-state index in [-0.39, 0.29) is 0 Å². The van der Waals surface area contributed by atoms with Gasteiger partial charge in [-0.05, 0) is 12.5 Å². The zero-order valence-electron chi connectivity index (χ0n) is 9.16. The molecule has 0 aromatic heterocycles. The number of hydrogen-bond acceptors (Lipinski definition) is 1. The SMILES string of the molecule is C/C=C/[C@H](NC(=O)C(F)(F)F)c1ccccc1. The van der Waals surface area contributed by atoms with E-state index in [0.29, 0.717) is 5.56 Å². The van der Waals surface area contributed by atoms with Gasteiger partial charge in [-0.25, -0.2) is 0 Å². The van der Waals surface area contributed by atoms with Crippen LogP contribution in [0.3, 0.4) is 0 Å². The van der Waals surface area contributed by atoms with E-state index in [2.05, 4.69) is 0 Å². The van der Waals surface area contributed by atoms with Gasteiger partial charge >= 0.3 is 12.1 Å². The Morgan fingerprint density at radius 3 is 2.35 bits per heavy atom. The molecule has 5 heteroatoms. The minimum Gasteiger partial charge on any atom is -0.338 e. The zero-order chi connectivity index (χ0) is 12.9. The summed E-state index contributed by atoms with van der Waals surface area (Å²) in [4.78, 5) is 10.9. The summed E-state index contributed by atoms with van der Waals surface area (Å²) in [6, 6.07) is 7.69. The number of halogens is 3. The third-order valence-electron chi connectivity index (χ3n) is 2.09. The largest absolute Gasteiger partial charge is 0.471 e. The number of hydrogen-bond donors (Lipinski definition) is 1. The molecule has 17 heavy (non-hydrogen) atoms. The van der Waals surface area contributed by atoms with Crippen LogP contribution in [0.5, 0.6) is 0 Å². The van der Waals surface area contributed by atoms with Gasteiger partial charge in [0.25, 0.3) is 0 Å². The van der Waals surface area contributed by atoms with Gasteiger partial charge < -0.3 is 5.32 Å². The number of alkyl halides is 3. The number of carbonyl (C=O) groups excluding carboxylic acids is 1. The van der Waals surface area contributed by atoms with E-state index in [4.69, 9.17) is 0 Å². The topological polar surface area (TPSA) is 29.1 Å². The smallest absolute Gasteiger partial charge is 0.338 e. The molecule has 0 saturated carbocycles. The summed E-state index contributed by atoms with van der Waals surface area (Å²) in [5.41, 5.74) is 0.600. The van der Waals surface area contributed by atoms with Gasteiger partial charge in [-0.3, -0.25) is 4.79 Å². The van der Waals surface area contributed by atoms with Gasteiger partial charge in [0.1, 0.15) is 0 Å². The minimum atomic E-state index is -4.87. The summed E-state index contributed by atoms with van der Waals surface area (Å²) in [5, 5.41) is 1.92. The van der Waals surface area contributed by atoms with Gasteiger partial charge in [0.15, 0.2) is 0 Å². The van der Waals surface area contributed by atoms with Crippen molar-refractivity contribution in [2.45, 2.75) is 19.1 Å². The van der Waals surface area contributed by atoms with Gasteiger partial charge in [-0.2, -0.15) is 13.2 Å². The predicted molar refractivity (Wildman–Crippen MR) is 58.2 cm³/mol. The highest BCUT2D eigenvalue weighted by Gasteiger charge is 2.39. The van der Waals surface area contributed by atoms with Crippen molar-refractivity contribution in [3.05, 3.63) is 48.0 Å². The summed E-state index contributed by atoms with van der Waals surface area (Å²) < 4.78 is 36.4. The summed E-state index contributed by atoms with van der Waals surface area (Å²) in [6.07, 6.45) is -1.78. The van der Waals surface area contributed by atoms with Crippen LogP contribution in [0.2, 0.25) is 0 Å². The first-order chi connectivity index (χ1) is 7.95. The van der Waals surface area contributed by atoms with Gasteiger partial charge in [-0.15, -0.1) is 0 Å². The van der Waals surface area contributed by atoms with E-state index >= 15 is 0 Å². The van der Waals surface area contributed by atoms with Crippen LogP contribution in [-0.2, 0) is 4.79 Å². The molecule has 0 spiro atoms. The molecule has 0 fully saturated rings. The Labute approximate surface area is 97.1 Å². The Hall–Kier alpha value is -1.78. The lowest BCUT2D eigenvalue weighted by Crippen LogP contribution is -2.38. The highest BCUT2D eigenvalue weighted by atomic mass is 19.4. The standard InChI is InChI=1S/C12H12F3NO/c1-2-6-10(9-7-4-3-5-8-9)16-11(17)12(13,14)15/h2-8,10H,1H3,(H,16,17)/b6-2+/t10-/m0/s1. The number of amides is 1. The molecule has 1 amide bonds. The van der Waals surface area contributed by atoms with Crippen LogP contribution in [0.15, 0.2) is 42.5 Å². The van der Waals surface area contributed by atoms with E-state index in [1.54, 1.807) is 43.3 Å². The average molecular weight is 243 g/mol. The van der Waals surface area contributed by atoms with Crippen LogP contribution in [0.25, 0.3) is 0 Å². The first kappa shape index (κ1) is 13.3. The predicted octanol–water partition coefficient (Wildman–Crippen LogP) is 2.98. The molecular weight excluding hydrogens is 231 g/mol. The monoisotopic (exact) mass is 243 g/mol. The maximum Gasteiger partial charge on any atom is 0.471 e. The molecule has 0 heterocycles. The highest BCUT2D eigenvalue weighted by Crippen LogP contribution is 2.19. The lowest BCUT2D eigenvalue weighted by molar-refractivity contribution is -0.174. The van der Waals surface area contributed by atoms with Gasteiger partial charge in [0.05, 0.1) is 6.04 Å². The summed E-state index contributed by atoms with van der Waals surface area (Å²) in [6.45, 7) is 1.68. The van der Waals surface area contributed by atoms with E-state index in [1.165, 1.54) is 6.08 Å². The van der Waals surface area contributed by atoms with Crippen LogP contribution in [0.1, 0.15) is 18.5 Å². The molecule has 1 aromatic carbocycles. The molecule has 0 radical (unpaired) electrons. The van der Waals surface area contributed by atoms with Crippen molar-refractivity contribution in [2.24, 2.45) is 0 Å². The Morgan fingerprint density at radius 1 is 1.29 bits per heavy atom. The lowest BCUT2D eigenvalue weighted by atomic mass is 10.1. The van der Waals surface area contributed by atoms with Crippen LogP contribution < -0.4 is 5.32 Å². The number of benzene rings is 1. The molecule has 0 saturated heterocycles. The molecule has 1 rings (SSSR count). The zero-order valence-corrected chi connectivity index (χ0v) is 9.16. The fraction of sp³-hybridized carbons (Fsp3) is 0.250. The maximum atomic E-state index is 12.1. The van der Waals surface area contributed by atoms with Crippen LogP contribution in [-0.4, -0.2) is 12.1 Å². The van der Waals surface area contributed by atoms with E-state index in [9.17, 15) is 18.0 Å². The first-order valence-corrected chi connectivity index (χ1v) is 5.00. The molecule has 2 nitrogen and oxygen atoms in total. The van der Waals surface area contributed by atoms with Crippen LogP contribution in [0.4, 0.5) is 13.2 Å². The van der Waals surface area contributed by atoms with Crippen LogP contribution >= 0.6 is 0 Å². The van der Waals surface area contributed by atoms with E-state index in [1.807, 2.05) is 5.32 Å². The number of nitrogens with one attached hydrogen (secondary N) is 1. The first-order valence-electron chi connectivity index (χ1n) is 5.00. The van der Waals surface area contributed by atoms with Crippen molar-refractivity contribution in [1.82, 2.24) is 5.32 Å². The molecule has 1 aromatic rings. The summed E-state index contributed by atoms with van der Waals surface area (Å²) in [7, 11) is 0. The maximum absolute atomic E-state index is 12.1. The van der Waals surface area contributed by atoms with Crippen molar-refractivity contribution < 1.29 is 18.0 Å². The third kappa shape index (κ3) is 3.94. The van der Waals surface area contributed by atoms with Crippen LogP contribution in [0, 0.1) is 0 Å². The van der Waals surface area contributed by atoms with Crippen molar-refractivity contribution in [3.8, 4) is 0 Å². The molecule has 92 valence electrons. The second-order valence-corrected chi connectivity index (χ2v) is 3.39. The van der Waals surface area contributed by atoms with Crippen molar-refractivity contribution in [2.75, 3.05) is 0 Å². The van der Waals surface area contributed by atoms with E-state index in [0.717, 1.165) is 0 Å². The normalized spacial score (nSPS) is 13.6. The molecule has 1 N–H and O–H groups in total. The second-order valence-electron chi connectivity index (χ2n) is 3.39. The summed E-state index contributed by atoms with van der Waals surface area (Å²) >= 11 is 0. The van der Waals surface area contributed by atoms with Crippen molar-refractivity contribution in [3.63, 3.8) is 0 Å². The Balaban J connectivity index is 2.86. The summed E-state index contributed by atoms with van der Waals surface area (Å²) in [5.74, 6) is -1.94. The third-order valence-corrected chi connectivity index (χ3v) is 2.09. The molecule has 0 aliphatic heterocycles. The van der Waals surface area contributed by atoms with Gasteiger partial charge in [0, 0.05) is 0 Å². The quantitative estimate of drug-likeness (QED) is 0.812. The Morgan fingerprint density at radius 2 is 1.88 bits per heavy atom.